The summed E-state index contributed by atoms with van der Waals surface area (Å²) in [6, 6.07) is 7.29. The molecule has 0 amide bonds. The number of sulfonamides is 1. The lowest BCUT2D eigenvalue weighted by Crippen LogP contribution is -2.15. The minimum atomic E-state index is -4.26. The average molecular weight is 372 g/mol. The first-order chi connectivity index (χ1) is 11.1. The molecule has 0 radical (unpaired) electrons. The minimum absolute atomic E-state index is 0.188. The molecule has 1 N–H and O–H groups in total. The first-order valence-corrected chi connectivity index (χ1v) is 8.20. The summed E-state index contributed by atoms with van der Waals surface area (Å²) >= 11 is 5.63. The van der Waals surface area contributed by atoms with Crippen molar-refractivity contribution < 1.29 is 18.3 Å². The first kappa shape index (κ1) is 17.6. The van der Waals surface area contributed by atoms with Gasteiger partial charge in [0, 0.05) is 12.1 Å². The number of hydrogen-bond donors (Lipinski definition) is 1. The second-order valence-electron chi connectivity index (χ2n) is 4.75. The van der Waals surface area contributed by atoms with Crippen LogP contribution >= 0.6 is 11.6 Å². The lowest BCUT2D eigenvalue weighted by atomic mass is 10.2. The van der Waals surface area contributed by atoms with E-state index >= 15 is 0 Å². The fraction of sp³-hybridized carbons (Fsp3) is 0.0769. The van der Waals surface area contributed by atoms with Crippen LogP contribution in [0.4, 0.5) is 17.1 Å². The van der Waals surface area contributed by atoms with Crippen molar-refractivity contribution in [3.63, 3.8) is 0 Å². The van der Waals surface area contributed by atoms with E-state index in [-0.39, 0.29) is 9.92 Å². The Kier molecular flexibility index (Phi) is 4.71. The quantitative estimate of drug-likeness (QED) is 0.633. The standard InChI is InChI=1S/C13H10ClN3O6S/c1-8-2-4-10(5-3-8)24(22,23)15-13-11(16(18)19)6-9(14)7-12(13)17(20)21/h2-7,15H,1H3. The van der Waals surface area contributed by atoms with E-state index in [4.69, 9.17) is 11.6 Å². The Hall–Kier alpha value is -2.72. The number of anilines is 1. The molecule has 0 spiro atoms. The smallest absolute Gasteiger partial charge is 0.267 e. The van der Waals surface area contributed by atoms with Gasteiger partial charge in [-0.15, -0.1) is 0 Å². The van der Waals surface area contributed by atoms with Crippen LogP contribution < -0.4 is 4.72 Å². The van der Waals surface area contributed by atoms with Crippen LogP contribution in [0.25, 0.3) is 0 Å². The van der Waals surface area contributed by atoms with E-state index in [1.807, 2.05) is 4.72 Å². The third-order valence-corrected chi connectivity index (χ3v) is 4.61. The predicted octanol–water partition coefficient (Wildman–Crippen LogP) is 3.27. The van der Waals surface area contributed by atoms with Crippen LogP contribution in [0.2, 0.25) is 5.02 Å². The van der Waals surface area contributed by atoms with Gasteiger partial charge in [-0.25, -0.2) is 8.42 Å². The summed E-state index contributed by atoms with van der Waals surface area (Å²) in [6.07, 6.45) is 0. The normalized spacial score (nSPS) is 11.1. The van der Waals surface area contributed by atoms with Crippen molar-refractivity contribution in [2.45, 2.75) is 11.8 Å². The van der Waals surface area contributed by atoms with Crippen molar-refractivity contribution >= 4 is 38.7 Å². The number of nitro groups is 2. The number of hydrogen-bond acceptors (Lipinski definition) is 6. The van der Waals surface area contributed by atoms with Gasteiger partial charge in [0.15, 0.2) is 0 Å². The number of rotatable bonds is 5. The number of halogens is 1. The lowest BCUT2D eigenvalue weighted by molar-refractivity contribution is -0.392. The highest BCUT2D eigenvalue weighted by molar-refractivity contribution is 7.92. The van der Waals surface area contributed by atoms with Gasteiger partial charge in [0.2, 0.25) is 5.69 Å². The van der Waals surface area contributed by atoms with Gasteiger partial charge in [-0.2, -0.15) is 0 Å². The van der Waals surface area contributed by atoms with Crippen LogP contribution in [0.15, 0.2) is 41.3 Å². The molecule has 0 unspecified atom stereocenters. The largest absolute Gasteiger partial charge is 0.301 e. The molecule has 0 aliphatic carbocycles. The molecule has 0 fully saturated rings. The van der Waals surface area contributed by atoms with Crippen LogP contribution in [0.5, 0.6) is 0 Å². The molecule has 2 aromatic carbocycles. The molecule has 11 heteroatoms. The molecular weight excluding hydrogens is 362 g/mol. The summed E-state index contributed by atoms with van der Waals surface area (Å²) in [5.74, 6) is 0. The number of benzene rings is 2. The summed E-state index contributed by atoms with van der Waals surface area (Å²) in [5.41, 5.74) is -1.58. The SMILES string of the molecule is Cc1ccc(S(=O)(=O)Nc2c([N+](=O)[O-])cc(Cl)cc2[N+](=O)[O-])cc1. The summed E-state index contributed by atoms with van der Waals surface area (Å²) in [7, 11) is -4.26. The highest BCUT2D eigenvalue weighted by atomic mass is 35.5. The van der Waals surface area contributed by atoms with Crippen LogP contribution in [0, 0.1) is 27.2 Å². The zero-order chi connectivity index (χ0) is 18.1. The van der Waals surface area contributed by atoms with Crippen LogP contribution in [-0.4, -0.2) is 18.3 Å². The van der Waals surface area contributed by atoms with Crippen LogP contribution in [-0.2, 0) is 10.0 Å². The molecule has 2 rings (SSSR count). The highest BCUT2D eigenvalue weighted by Gasteiger charge is 2.30. The second-order valence-corrected chi connectivity index (χ2v) is 6.87. The molecule has 0 heterocycles. The monoisotopic (exact) mass is 371 g/mol. The molecule has 24 heavy (non-hydrogen) atoms. The number of aryl methyl sites for hydroxylation is 1. The topological polar surface area (TPSA) is 132 Å². The Morgan fingerprint density at radius 1 is 1.00 bits per heavy atom. The predicted molar refractivity (Wildman–Crippen MR) is 86.7 cm³/mol. The summed E-state index contributed by atoms with van der Waals surface area (Å²) in [5, 5.41) is 22.0. The van der Waals surface area contributed by atoms with Crippen molar-refractivity contribution in [1.29, 1.82) is 0 Å². The van der Waals surface area contributed by atoms with E-state index in [9.17, 15) is 28.6 Å². The Morgan fingerprint density at radius 3 is 1.88 bits per heavy atom. The van der Waals surface area contributed by atoms with Gasteiger partial charge in [-0.1, -0.05) is 29.3 Å². The molecule has 0 atom stereocenters. The van der Waals surface area contributed by atoms with Gasteiger partial charge in [-0.05, 0) is 19.1 Å². The number of nitrogens with zero attached hydrogens (tertiary/aromatic N) is 2. The van der Waals surface area contributed by atoms with E-state index in [2.05, 4.69) is 0 Å². The van der Waals surface area contributed by atoms with Crippen molar-refractivity contribution in [3.05, 3.63) is 67.2 Å². The molecule has 0 aliphatic heterocycles. The summed E-state index contributed by atoms with van der Waals surface area (Å²) in [6.45, 7) is 1.75. The maximum atomic E-state index is 12.4. The molecular formula is C13H10ClN3O6S. The van der Waals surface area contributed by atoms with Gasteiger partial charge in [0.05, 0.1) is 19.8 Å². The maximum Gasteiger partial charge on any atom is 0.301 e. The molecule has 0 aromatic heterocycles. The van der Waals surface area contributed by atoms with E-state index in [0.717, 1.165) is 17.7 Å². The molecule has 126 valence electrons. The zero-order valence-electron chi connectivity index (χ0n) is 12.1. The van der Waals surface area contributed by atoms with Gasteiger partial charge in [-0.3, -0.25) is 25.0 Å². The molecule has 2 aromatic rings. The van der Waals surface area contributed by atoms with Crippen molar-refractivity contribution in [2.75, 3.05) is 4.72 Å². The second kappa shape index (κ2) is 6.42. The fourth-order valence-electron chi connectivity index (χ4n) is 1.88. The van der Waals surface area contributed by atoms with Crippen LogP contribution in [0.1, 0.15) is 5.56 Å². The Bertz CT molecular complexity index is 892. The highest BCUT2D eigenvalue weighted by Crippen LogP contribution is 2.38. The third-order valence-electron chi connectivity index (χ3n) is 3.02. The maximum absolute atomic E-state index is 12.4. The molecule has 0 saturated heterocycles. The molecule has 0 saturated carbocycles. The lowest BCUT2D eigenvalue weighted by Gasteiger charge is -2.09. The van der Waals surface area contributed by atoms with Crippen molar-refractivity contribution in [2.24, 2.45) is 0 Å². The molecule has 0 aliphatic rings. The zero-order valence-corrected chi connectivity index (χ0v) is 13.7. The van der Waals surface area contributed by atoms with Crippen molar-refractivity contribution in [1.82, 2.24) is 0 Å². The number of nitrogens with one attached hydrogen (secondary N) is 1. The molecule has 0 bridgehead atoms. The average Bonchev–Trinajstić information content (AvgIpc) is 2.48. The first-order valence-electron chi connectivity index (χ1n) is 6.33. The number of nitro benzene ring substituents is 2. The summed E-state index contributed by atoms with van der Waals surface area (Å²) < 4.78 is 26.6. The van der Waals surface area contributed by atoms with E-state index in [1.54, 1.807) is 6.92 Å². The van der Waals surface area contributed by atoms with Crippen molar-refractivity contribution in [3.8, 4) is 0 Å². The minimum Gasteiger partial charge on any atom is -0.267 e. The van der Waals surface area contributed by atoms with Crippen LogP contribution in [0.3, 0.4) is 0 Å². The van der Waals surface area contributed by atoms with Gasteiger partial charge >= 0.3 is 11.4 Å². The third kappa shape index (κ3) is 3.60. The van der Waals surface area contributed by atoms with Gasteiger partial charge < -0.3 is 0 Å². The van der Waals surface area contributed by atoms with E-state index < -0.39 is 36.9 Å². The van der Waals surface area contributed by atoms with E-state index in [0.29, 0.717) is 0 Å². The Labute approximate surface area is 141 Å². The Morgan fingerprint density at radius 2 is 1.46 bits per heavy atom. The molecule has 9 nitrogen and oxygen atoms in total. The summed E-state index contributed by atoms with van der Waals surface area (Å²) in [4.78, 5) is 20.1. The van der Waals surface area contributed by atoms with Gasteiger partial charge in [0.25, 0.3) is 10.0 Å². The van der Waals surface area contributed by atoms with E-state index in [1.165, 1.54) is 24.3 Å². The fourth-order valence-corrected chi connectivity index (χ4v) is 3.18. The van der Waals surface area contributed by atoms with Gasteiger partial charge in [0.1, 0.15) is 0 Å². The Balaban J connectivity index is 2.61.